The van der Waals surface area contributed by atoms with Gasteiger partial charge in [0.25, 0.3) is 0 Å². The van der Waals surface area contributed by atoms with Crippen LogP contribution in [0.25, 0.3) is 5.65 Å². The van der Waals surface area contributed by atoms with Crippen molar-refractivity contribution in [2.24, 2.45) is 5.92 Å². The van der Waals surface area contributed by atoms with Crippen LogP contribution in [-0.2, 0) is 0 Å². The summed E-state index contributed by atoms with van der Waals surface area (Å²) in [6, 6.07) is 3.81. The predicted molar refractivity (Wildman–Crippen MR) is 100 cm³/mol. The molecule has 8 nitrogen and oxygen atoms in total. The number of rotatable bonds is 5. The molecule has 2 fully saturated rings. The number of anilines is 1. The van der Waals surface area contributed by atoms with Crippen LogP contribution in [0.4, 0.5) is 5.82 Å². The van der Waals surface area contributed by atoms with Crippen molar-refractivity contribution in [3.05, 3.63) is 35.5 Å². The molecule has 140 valence electrons. The highest BCUT2D eigenvalue weighted by molar-refractivity contribution is 5.48. The smallest absolute Gasteiger partial charge is 0.231 e. The molecule has 0 N–H and O–H groups in total. The van der Waals surface area contributed by atoms with Crippen molar-refractivity contribution in [2.75, 3.05) is 24.6 Å². The zero-order valence-electron chi connectivity index (χ0n) is 15.7. The Kier molecular flexibility index (Phi) is 3.91. The van der Waals surface area contributed by atoms with E-state index in [1.54, 1.807) is 6.33 Å². The highest BCUT2D eigenvalue weighted by Crippen LogP contribution is 2.38. The van der Waals surface area contributed by atoms with Crippen molar-refractivity contribution < 1.29 is 4.74 Å². The minimum atomic E-state index is 0.459. The number of ether oxygens (including phenoxy) is 1. The van der Waals surface area contributed by atoms with Crippen LogP contribution in [0, 0.1) is 19.8 Å². The maximum atomic E-state index is 6.01. The van der Waals surface area contributed by atoms with Crippen LogP contribution < -0.4 is 9.64 Å². The summed E-state index contributed by atoms with van der Waals surface area (Å²) < 4.78 is 7.85. The van der Waals surface area contributed by atoms with Gasteiger partial charge in [-0.25, -0.2) is 9.97 Å². The minimum Gasteiger partial charge on any atom is -0.476 e. The van der Waals surface area contributed by atoms with Crippen molar-refractivity contribution in [2.45, 2.75) is 39.0 Å². The Balaban J connectivity index is 1.25. The van der Waals surface area contributed by atoms with E-state index in [1.165, 1.54) is 12.8 Å². The molecule has 3 aromatic rings. The van der Waals surface area contributed by atoms with Crippen molar-refractivity contribution in [3.63, 3.8) is 0 Å². The second-order valence-corrected chi connectivity index (χ2v) is 7.59. The van der Waals surface area contributed by atoms with Gasteiger partial charge in [-0.1, -0.05) is 0 Å². The molecule has 2 aliphatic rings. The first-order valence-corrected chi connectivity index (χ1v) is 9.57. The van der Waals surface area contributed by atoms with Crippen LogP contribution in [0.1, 0.15) is 42.3 Å². The summed E-state index contributed by atoms with van der Waals surface area (Å²) in [6.07, 6.45) is 5.09. The van der Waals surface area contributed by atoms with E-state index in [2.05, 4.69) is 37.1 Å². The van der Waals surface area contributed by atoms with Gasteiger partial charge in [0.15, 0.2) is 11.5 Å². The molecule has 5 rings (SSSR count). The fourth-order valence-electron chi connectivity index (χ4n) is 3.67. The second kappa shape index (κ2) is 6.44. The van der Waals surface area contributed by atoms with Crippen LogP contribution in [-0.4, -0.2) is 49.5 Å². The fourth-order valence-corrected chi connectivity index (χ4v) is 3.67. The summed E-state index contributed by atoms with van der Waals surface area (Å²) in [5.41, 5.74) is 2.98. The molecule has 1 aliphatic carbocycles. The van der Waals surface area contributed by atoms with Gasteiger partial charge in [-0.05, 0) is 39.2 Å². The zero-order chi connectivity index (χ0) is 18.4. The Labute approximate surface area is 157 Å². The number of aromatic nitrogens is 6. The van der Waals surface area contributed by atoms with Crippen molar-refractivity contribution in [1.29, 1.82) is 0 Å². The fraction of sp³-hybridized carbons (Fsp3) is 0.526. The lowest BCUT2D eigenvalue weighted by Gasteiger charge is -2.20. The molecule has 1 aliphatic heterocycles. The second-order valence-electron chi connectivity index (χ2n) is 7.59. The monoisotopic (exact) mass is 365 g/mol. The average molecular weight is 365 g/mol. The number of hydrogen-bond acceptors (Lipinski definition) is 7. The van der Waals surface area contributed by atoms with Gasteiger partial charge in [0.2, 0.25) is 5.88 Å². The first-order valence-electron chi connectivity index (χ1n) is 9.57. The quantitative estimate of drug-likeness (QED) is 0.686. The van der Waals surface area contributed by atoms with Crippen LogP contribution in [0.5, 0.6) is 5.88 Å². The molecule has 8 heteroatoms. The van der Waals surface area contributed by atoms with Gasteiger partial charge in [-0.15, -0.1) is 15.3 Å². The third kappa shape index (κ3) is 3.09. The van der Waals surface area contributed by atoms with E-state index in [4.69, 9.17) is 4.74 Å². The van der Waals surface area contributed by atoms with E-state index in [0.29, 0.717) is 24.3 Å². The summed E-state index contributed by atoms with van der Waals surface area (Å²) in [4.78, 5) is 11.1. The first kappa shape index (κ1) is 16.4. The Morgan fingerprint density at radius 1 is 1.11 bits per heavy atom. The van der Waals surface area contributed by atoms with Gasteiger partial charge in [0, 0.05) is 42.2 Å². The molecular formula is C19H23N7O. The van der Waals surface area contributed by atoms with Crippen molar-refractivity contribution >= 4 is 11.5 Å². The van der Waals surface area contributed by atoms with E-state index in [9.17, 15) is 0 Å². The van der Waals surface area contributed by atoms with Crippen LogP contribution >= 0.6 is 0 Å². The lowest BCUT2D eigenvalue weighted by atomic mass is 10.1. The molecule has 1 unspecified atom stereocenters. The molecule has 0 radical (unpaired) electrons. The first-order chi connectivity index (χ1) is 13.2. The number of fused-ring (bicyclic) bond motifs is 1. The Morgan fingerprint density at radius 2 is 2.00 bits per heavy atom. The van der Waals surface area contributed by atoms with E-state index >= 15 is 0 Å². The van der Waals surface area contributed by atoms with E-state index in [-0.39, 0.29) is 0 Å². The maximum Gasteiger partial charge on any atom is 0.231 e. The molecule has 0 bridgehead atoms. The van der Waals surface area contributed by atoms with Gasteiger partial charge in [-0.2, -0.15) is 4.52 Å². The number of nitrogens with zero attached hydrogens (tertiary/aromatic N) is 7. The van der Waals surface area contributed by atoms with E-state index < -0.39 is 0 Å². The van der Waals surface area contributed by atoms with Crippen molar-refractivity contribution in [1.82, 2.24) is 29.8 Å². The SMILES string of the molecule is Cc1ncnc(N2CCC(COc3ccc4nnc(C5CC5)n4n3)C2)c1C. The molecule has 0 amide bonds. The normalized spacial score (nSPS) is 19.8. The van der Waals surface area contributed by atoms with Crippen molar-refractivity contribution in [3.8, 4) is 5.88 Å². The number of aryl methyl sites for hydroxylation is 1. The standard InChI is InChI=1S/C19H23N7O/c1-12-13(2)20-11-21-18(12)25-8-7-14(9-25)10-27-17-6-5-16-22-23-19(15-3-4-15)26(16)24-17/h5-6,11,14-15H,3-4,7-10H2,1-2H3. The summed E-state index contributed by atoms with van der Waals surface area (Å²) in [7, 11) is 0. The highest BCUT2D eigenvalue weighted by atomic mass is 16.5. The van der Waals surface area contributed by atoms with Crippen LogP contribution in [0.2, 0.25) is 0 Å². The lowest BCUT2D eigenvalue weighted by molar-refractivity contribution is 0.248. The largest absolute Gasteiger partial charge is 0.476 e. The average Bonchev–Trinajstić information content (AvgIpc) is 3.26. The van der Waals surface area contributed by atoms with E-state index in [1.807, 2.05) is 23.6 Å². The van der Waals surface area contributed by atoms with E-state index in [0.717, 1.165) is 48.1 Å². The van der Waals surface area contributed by atoms with Gasteiger partial charge in [-0.3, -0.25) is 0 Å². The maximum absolute atomic E-state index is 6.01. The molecule has 3 aromatic heterocycles. The van der Waals surface area contributed by atoms with Gasteiger partial charge in [0.05, 0.1) is 6.61 Å². The Morgan fingerprint density at radius 3 is 2.85 bits per heavy atom. The molecule has 4 heterocycles. The van der Waals surface area contributed by atoms with Crippen LogP contribution in [0.15, 0.2) is 18.5 Å². The van der Waals surface area contributed by atoms with Gasteiger partial charge in [0.1, 0.15) is 12.1 Å². The molecule has 1 atom stereocenters. The molecule has 1 saturated heterocycles. The third-order valence-corrected chi connectivity index (χ3v) is 5.57. The molecule has 1 saturated carbocycles. The molecule has 0 aromatic carbocycles. The Bertz CT molecular complexity index is 981. The topological polar surface area (TPSA) is 81.3 Å². The minimum absolute atomic E-state index is 0.459. The molecule has 0 spiro atoms. The highest BCUT2D eigenvalue weighted by Gasteiger charge is 2.29. The van der Waals surface area contributed by atoms with Crippen LogP contribution in [0.3, 0.4) is 0 Å². The molecule has 27 heavy (non-hydrogen) atoms. The lowest BCUT2D eigenvalue weighted by Crippen LogP contribution is -2.24. The Hall–Kier alpha value is -2.77. The van der Waals surface area contributed by atoms with Gasteiger partial charge < -0.3 is 9.64 Å². The summed E-state index contributed by atoms with van der Waals surface area (Å²) >= 11 is 0. The number of hydrogen-bond donors (Lipinski definition) is 0. The zero-order valence-corrected chi connectivity index (χ0v) is 15.7. The summed E-state index contributed by atoms with van der Waals surface area (Å²) in [5.74, 6) is 3.60. The molecular weight excluding hydrogens is 342 g/mol. The third-order valence-electron chi connectivity index (χ3n) is 5.57. The van der Waals surface area contributed by atoms with Gasteiger partial charge >= 0.3 is 0 Å². The summed E-state index contributed by atoms with van der Waals surface area (Å²) in [5, 5.41) is 13.1. The summed E-state index contributed by atoms with van der Waals surface area (Å²) in [6.45, 7) is 6.71. The predicted octanol–water partition coefficient (Wildman–Crippen LogP) is 2.31.